The van der Waals surface area contributed by atoms with Crippen molar-refractivity contribution in [3.63, 3.8) is 0 Å². The molecule has 5 heteroatoms. The lowest BCUT2D eigenvalue weighted by molar-refractivity contribution is -0.122. The van der Waals surface area contributed by atoms with Gasteiger partial charge in [-0.15, -0.1) is 0 Å². The zero-order chi connectivity index (χ0) is 18.1. The summed E-state index contributed by atoms with van der Waals surface area (Å²) in [5, 5.41) is 3.77. The number of amides is 1. The SMILES string of the molecule is CC1=Nc2ccc(Cl)cc2C(c2ccccc2)N1CCNC(=O)C1CC1. The standard InChI is InChI=1S/C21H22ClN3O/c1-14-24-19-10-9-17(22)13-18(19)20(15-5-3-2-4-6-15)25(14)12-11-23-21(26)16-7-8-16/h2-6,9-10,13,16,20H,7-8,11-12H2,1H3,(H,23,26). The lowest BCUT2D eigenvalue weighted by atomic mass is 9.94. The molecule has 4 rings (SSSR count). The van der Waals surface area contributed by atoms with Crippen LogP contribution in [-0.2, 0) is 4.79 Å². The lowest BCUT2D eigenvalue weighted by Gasteiger charge is -2.38. The summed E-state index contributed by atoms with van der Waals surface area (Å²) in [5.41, 5.74) is 3.25. The fraction of sp³-hybridized carbons (Fsp3) is 0.333. The Balaban J connectivity index is 1.63. The lowest BCUT2D eigenvalue weighted by Crippen LogP contribution is -2.41. The normalized spacial score (nSPS) is 18.9. The van der Waals surface area contributed by atoms with Crippen molar-refractivity contribution in [1.82, 2.24) is 10.2 Å². The van der Waals surface area contributed by atoms with E-state index in [9.17, 15) is 4.79 Å². The third-order valence-corrected chi connectivity index (χ3v) is 5.24. The average Bonchev–Trinajstić information content (AvgIpc) is 3.48. The van der Waals surface area contributed by atoms with Crippen LogP contribution in [0.4, 0.5) is 5.69 Å². The van der Waals surface area contributed by atoms with Crippen LogP contribution in [0.1, 0.15) is 36.9 Å². The molecule has 2 aromatic carbocycles. The zero-order valence-electron chi connectivity index (χ0n) is 14.8. The van der Waals surface area contributed by atoms with Gasteiger partial charge in [-0.05, 0) is 43.5 Å². The molecule has 1 fully saturated rings. The molecule has 1 N–H and O–H groups in total. The van der Waals surface area contributed by atoms with Crippen LogP contribution >= 0.6 is 11.6 Å². The van der Waals surface area contributed by atoms with E-state index in [1.165, 1.54) is 5.56 Å². The molecule has 0 bridgehead atoms. The summed E-state index contributed by atoms with van der Waals surface area (Å²) in [4.78, 5) is 19.0. The molecule has 1 saturated carbocycles. The van der Waals surface area contributed by atoms with Gasteiger partial charge in [-0.1, -0.05) is 41.9 Å². The number of benzene rings is 2. The van der Waals surface area contributed by atoms with E-state index < -0.39 is 0 Å². The maximum atomic E-state index is 11.9. The second kappa shape index (κ2) is 7.12. The van der Waals surface area contributed by atoms with Gasteiger partial charge >= 0.3 is 0 Å². The second-order valence-corrected chi connectivity index (χ2v) is 7.37. The summed E-state index contributed by atoms with van der Waals surface area (Å²) in [7, 11) is 0. The van der Waals surface area contributed by atoms with Crippen LogP contribution in [0.2, 0.25) is 5.02 Å². The van der Waals surface area contributed by atoms with Crippen molar-refractivity contribution in [1.29, 1.82) is 0 Å². The Kier molecular flexibility index (Phi) is 4.68. The van der Waals surface area contributed by atoms with Gasteiger partial charge in [-0.2, -0.15) is 0 Å². The number of carbonyl (C=O) groups is 1. The minimum Gasteiger partial charge on any atom is -0.354 e. The molecule has 0 aromatic heterocycles. The highest BCUT2D eigenvalue weighted by Gasteiger charge is 2.31. The minimum absolute atomic E-state index is 0.0419. The number of hydrogen-bond acceptors (Lipinski definition) is 3. The van der Waals surface area contributed by atoms with Gasteiger partial charge in [-0.3, -0.25) is 4.79 Å². The number of rotatable bonds is 5. The van der Waals surface area contributed by atoms with Gasteiger partial charge < -0.3 is 10.2 Å². The van der Waals surface area contributed by atoms with Gasteiger partial charge in [0.15, 0.2) is 0 Å². The molecule has 0 saturated heterocycles. The summed E-state index contributed by atoms with van der Waals surface area (Å²) in [6.07, 6.45) is 2.04. The number of nitrogens with one attached hydrogen (secondary N) is 1. The maximum absolute atomic E-state index is 11.9. The van der Waals surface area contributed by atoms with Crippen molar-refractivity contribution >= 4 is 29.0 Å². The molecule has 1 heterocycles. The third-order valence-electron chi connectivity index (χ3n) is 5.01. The average molecular weight is 368 g/mol. The molecule has 1 atom stereocenters. The maximum Gasteiger partial charge on any atom is 0.223 e. The molecular weight excluding hydrogens is 346 g/mol. The fourth-order valence-corrected chi connectivity index (χ4v) is 3.70. The molecule has 1 aliphatic carbocycles. The van der Waals surface area contributed by atoms with Gasteiger partial charge in [0.1, 0.15) is 5.84 Å². The first-order chi connectivity index (χ1) is 12.6. The first-order valence-corrected chi connectivity index (χ1v) is 9.45. The summed E-state index contributed by atoms with van der Waals surface area (Å²) in [5.74, 6) is 1.36. The van der Waals surface area contributed by atoms with Gasteiger partial charge in [0, 0.05) is 29.6 Å². The van der Waals surface area contributed by atoms with E-state index in [2.05, 4.69) is 22.3 Å². The van der Waals surface area contributed by atoms with E-state index in [0.717, 1.165) is 29.9 Å². The molecule has 2 aromatic rings. The van der Waals surface area contributed by atoms with Gasteiger partial charge in [0.05, 0.1) is 11.7 Å². The number of halogens is 1. The number of carbonyl (C=O) groups excluding carboxylic acids is 1. The Bertz CT molecular complexity index is 846. The van der Waals surface area contributed by atoms with Crippen LogP contribution in [0.3, 0.4) is 0 Å². The first kappa shape index (κ1) is 17.1. The molecule has 2 aliphatic rings. The van der Waals surface area contributed by atoms with Crippen molar-refractivity contribution in [2.24, 2.45) is 10.9 Å². The predicted molar refractivity (Wildman–Crippen MR) is 105 cm³/mol. The fourth-order valence-electron chi connectivity index (χ4n) is 3.51. The van der Waals surface area contributed by atoms with E-state index in [0.29, 0.717) is 18.1 Å². The van der Waals surface area contributed by atoms with Crippen LogP contribution in [0.15, 0.2) is 53.5 Å². The topological polar surface area (TPSA) is 44.7 Å². The molecule has 0 radical (unpaired) electrons. The van der Waals surface area contributed by atoms with Crippen molar-refractivity contribution in [3.8, 4) is 0 Å². The van der Waals surface area contributed by atoms with E-state index in [-0.39, 0.29) is 17.9 Å². The Morgan fingerprint density at radius 3 is 2.73 bits per heavy atom. The third kappa shape index (κ3) is 3.47. The molecule has 134 valence electrons. The molecular formula is C21H22ClN3O. The summed E-state index contributed by atoms with van der Waals surface area (Å²) >= 11 is 6.28. The van der Waals surface area contributed by atoms with Gasteiger partial charge in [0.25, 0.3) is 0 Å². The molecule has 1 amide bonds. The van der Waals surface area contributed by atoms with Gasteiger partial charge in [0.2, 0.25) is 5.91 Å². The number of aliphatic imine (C=N–C) groups is 1. The smallest absolute Gasteiger partial charge is 0.223 e. The van der Waals surface area contributed by atoms with Crippen LogP contribution in [0, 0.1) is 5.92 Å². The van der Waals surface area contributed by atoms with E-state index in [1.807, 2.05) is 43.3 Å². The van der Waals surface area contributed by atoms with Crippen molar-refractivity contribution < 1.29 is 4.79 Å². The molecule has 26 heavy (non-hydrogen) atoms. The number of amidine groups is 1. The van der Waals surface area contributed by atoms with Crippen molar-refractivity contribution in [3.05, 3.63) is 64.7 Å². The Labute approximate surface area is 158 Å². The Hall–Kier alpha value is -2.33. The van der Waals surface area contributed by atoms with Crippen LogP contribution < -0.4 is 5.32 Å². The quantitative estimate of drug-likeness (QED) is 0.855. The molecule has 0 spiro atoms. The monoisotopic (exact) mass is 367 g/mol. The van der Waals surface area contributed by atoms with Crippen LogP contribution in [-0.4, -0.2) is 29.7 Å². The summed E-state index contributed by atoms with van der Waals surface area (Å²) < 4.78 is 0. The molecule has 4 nitrogen and oxygen atoms in total. The Morgan fingerprint density at radius 2 is 2.00 bits per heavy atom. The van der Waals surface area contributed by atoms with E-state index in [4.69, 9.17) is 16.6 Å². The predicted octanol–water partition coefficient (Wildman–Crippen LogP) is 4.32. The highest BCUT2D eigenvalue weighted by molar-refractivity contribution is 6.30. The summed E-state index contributed by atoms with van der Waals surface area (Å²) in [6, 6.07) is 16.3. The minimum atomic E-state index is 0.0419. The number of nitrogens with zero attached hydrogens (tertiary/aromatic N) is 2. The zero-order valence-corrected chi connectivity index (χ0v) is 15.5. The number of hydrogen-bond donors (Lipinski definition) is 1. The van der Waals surface area contributed by atoms with Crippen molar-refractivity contribution in [2.75, 3.05) is 13.1 Å². The van der Waals surface area contributed by atoms with Crippen LogP contribution in [0.25, 0.3) is 0 Å². The van der Waals surface area contributed by atoms with Gasteiger partial charge in [-0.25, -0.2) is 4.99 Å². The highest BCUT2D eigenvalue weighted by atomic mass is 35.5. The van der Waals surface area contributed by atoms with Crippen LogP contribution in [0.5, 0.6) is 0 Å². The molecule has 1 unspecified atom stereocenters. The van der Waals surface area contributed by atoms with E-state index >= 15 is 0 Å². The van der Waals surface area contributed by atoms with E-state index in [1.54, 1.807) is 0 Å². The summed E-state index contributed by atoms with van der Waals surface area (Å²) in [6.45, 7) is 3.34. The number of fused-ring (bicyclic) bond motifs is 1. The van der Waals surface area contributed by atoms with Crippen molar-refractivity contribution in [2.45, 2.75) is 25.8 Å². The first-order valence-electron chi connectivity index (χ1n) is 9.07. The largest absolute Gasteiger partial charge is 0.354 e. The Morgan fingerprint density at radius 1 is 1.23 bits per heavy atom. The second-order valence-electron chi connectivity index (χ2n) is 6.93. The highest BCUT2D eigenvalue weighted by Crippen LogP contribution is 2.40. The molecule has 1 aliphatic heterocycles.